The number of halogens is 1. The maximum absolute atomic E-state index is 12.9. The Morgan fingerprint density at radius 2 is 2.36 bits per heavy atom. The van der Waals surface area contributed by atoms with Crippen LogP contribution in [-0.2, 0) is 9.53 Å². The predicted octanol–water partition coefficient (Wildman–Crippen LogP) is 1.72. The van der Waals surface area contributed by atoms with Crippen molar-refractivity contribution in [3.8, 4) is 0 Å². The van der Waals surface area contributed by atoms with Crippen molar-refractivity contribution in [2.24, 2.45) is 0 Å². The van der Waals surface area contributed by atoms with Crippen molar-refractivity contribution < 1.29 is 13.9 Å². The van der Waals surface area contributed by atoms with Crippen LogP contribution in [0.4, 0.5) is 4.39 Å². The molecule has 0 amide bonds. The highest BCUT2D eigenvalue weighted by atomic mass is 19.1. The van der Waals surface area contributed by atoms with Gasteiger partial charge in [-0.15, -0.1) is 0 Å². The zero-order valence-corrected chi connectivity index (χ0v) is 7.95. The van der Waals surface area contributed by atoms with Crippen molar-refractivity contribution in [2.75, 3.05) is 7.11 Å². The van der Waals surface area contributed by atoms with Crippen LogP contribution in [0.2, 0.25) is 0 Å². The summed E-state index contributed by atoms with van der Waals surface area (Å²) in [4.78, 5) is 14.2. The van der Waals surface area contributed by atoms with E-state index in [1.54, 1.807) is 13.0 Å². The fourth-order valence-electron chi connectivity index (χ4n) is 0.930. The van der Waals surface area contributed by atoms with Gasteiger partial charge in [-0.25, -0.2) is 9.78 Å². The van der Waals surface area contributed by atoms with Crippen LogP contribution < -0.4 is 0 Å². The maximum atomic E-state index is 12.9. The molecule has 1 rings (SSSR count). The zero-order chi connectivity index (χ0) is 10.6. The first-order chi connectivity index (χ1) is 6.65. The van der Waals surface area contributed by atoms with Crippen LogP contribution in [0.25, 0.3) is 6.08 Å². The molecule has 14 heavy (non-hydrogen) atoms. The average molecular weight is 195 g/mol. The van der Waals surface area contributed by atoms with E-state index in [9.17, 15) is 9.18 Å². The summed E-state index contributed by atoms with van der Waals surface area (Å²) in [6.45, 7) is 1.60. The van der Waals surface area contributed by atoms with Gasteiger partial charge in [-0.3, -0.25) is 0 Å². The normalized spacial score (nSPS) is 10.5. The molecular weight excluding hydrogens is 185 g/mol. The van der Waals surface area contributed by atoms with Gasteiger partial charge in [-0.1, -0.05) is 0 Å². The number of hydrogen-bond acceptors (Lipinski definition) is 3. The lowest BCUT2D eigenvalue weighted by Gasteiger charge is -1.99. The van der Waals surface area contributed by atoms with Gasteiger partial charge in [-0.05, 0) is 24.6 Å². The van der Waals surface area contributed by atoms with E-state index in [1.165, 1.54) is 25.5 Å². The molecular formula is C10H10FNO2. The summed E-state index contributed by atoms with van der Waals surface area (Å²) in [7, 11) is 1.28. The Kier molecular flexibility index (Phi) is 3.34. The first-order valence-electron chi connectivity index (χ1n) is 4.02. The van der Waals surface area contributed by atoms with E-state index >= 15 is 0 Å². The molecule has 0 fully saturated rings. The smallest absolute Gasteiger partial charge is 0.330 e. The quantitative estimate of drug-likeness (QED) is 0.409. The summed E-state index contributed by atoms with van der Waals surface area (Å²) >= 11 is 0. The third-order valence-electron chi connectivity index (χ3n) is 1.78. The molecule has 1 aromatic heterocycles. The molecule has 0 aromatic carbocycles. The molecule has 0 radical (unpaired) electrons. The van der Waals surface area contributed by atoms with Crippen molar-refractivity contribution >= 4 is 12.0 Å². The minimum absolute atomic E-state index is 0.410. The lowest BCUT2D eigenvalue weighted by Crippen LogP contribution is -1.95. The number of aromatic nitrogens is 1. The largest absolute Gasteiger partial charge is 0.466 e. The topological polar surface area (TPSA) is 39.2 Å². The van der Waals surface area contributed by atoms with Crippen LogP contribution >= 0.6 is 0 Å². The van der Waals surface area contributed by atoms with Gasteiger partial charge < -0.3 is 4.74 Å². The Bertz CT molecular complexity index is 374. The number of carbonyl (C=O) groups is 1. The number of esters is 1. The van der Waals surface area contributed by atoms with Gasteiger partial charge in [-0.2, -0.15) is 4.39 Å². The van der Waals surface area contributed by atoms with Crippen molar-refractivity contribution in [2.45, 2.75) is 6.92 Å². The van der Waals surface area contributed by atoms with E-state index < -0.39 is 11.9 Å². The van der Waals surface area contributed by atoms with Gasteiger partial charge in [0, 0.05) is 17.8 Å². The molecule has 0 N–H and O–H groups in total. The molecule has 0 bridgehead atoms. The molecule has 0 aliphatic carbocycles. The first kappa shape index (κ1) is 10.4. The molecule has 0 spiro atoms. The molecule has 3 nitrogen and oxygen atoms in total. The van der Waals surface area contributed by atoms with E-state index in [0.29, 0.717) is 11.1 Å². The lowest BCUT2D eigenvalue weighted by atomic mass is 10.1. The number of rotatable bonds is 2. The third kappa shape index (κ3) is 2.39. The van der Waals surface area contributed by atoms with Crippen LogP contribution in [0.3, 0.4) is 0 Å². The van der Waals surface area contributed by atoms with Crippen LogP contribution in [0.1, 0.15) is 11.1 Å². The van der Waals surface area contributed by atoms with Crippen molar-refractivity contribution in [3.05, 3.63) is 35.4 Å². The monoisotopic (exact) mass is 195 g/mol. The highest BCUT2D eigenvalue weighted by Crippen LogP contribution is 2.11. The fourth-order valence-corrected chi connectivity index (χ4v) is 0.930. The van der Waals surface area contributed by atoms with Gasteiger partial charge in [0.25, 0.3) is 0 Å². The summed E-state index contributed by atoms with van der Waals surface area (Å²) in [6, 6.07) is 1.62. The molecule has 0 saturated heterocycles. The highest BCUT2D eigenvalue weighted by molar-refractivity contribution is 5.87. The summed E-state index contributed by atoms with van der Waals surface area (Å²) in [5.74, 6) is -1.00. The minimum atomic E-state index is -0.531. The van der Waals surface area contributed by atoms with Crippen LogP contribution in [0.5, 0.6) is 0 Å². The Morgan fingerprint density at radius 1 is 1.64 bits per heavy atom. The summed E-state index contributed by atoms with van der Waals surface area (Å²) in [5, 5.41) is 0. The fraction of sp³-hybridized carbons (Fsp3) is 0.200. The van der Waals surface area contributed by atoms with Crippen LogP contribution in [0.15, 0.2) is 18.3 Å². The zero-order valence-electron chi connectivity index (χ0n) is 7.95. The number of carbonyl (C=O) groups excluding carboxylic acids is 1. The Morgan fingerprint density at radius 3 is 3.00 bits per heavy atom. The second-order valence-corrected chi connectivity index (χ2v) is 2.67. The number of pyridine rings is 1. The van der Waals surface area contributed by atoms with E-state index in [2.05, 4.69) is 9.72 Å². The number of methoxy groups -OCH3 is 1. The molecule has 0 aliphatic rings. The van der Waals surface area contributed by atoms with Gasteiger partial charge in [0.1, 0.15) is 0 Å². The SMILES string of the molecule is COC(=O)C=Cc1ccnc(F)c1C. The van der Waals surface area contributed by atoms with Crippen molar-refractivity contribution in [1.29, 1.82) is 0 Å². The Hall–Kier alpha value is -1.71. The van der Waals surface area contributed by atoms with Gasteiger partial charge in [0.15, 0.2) is 0 Å². The molecule has 1 aromatic rings. The van der Waals surface area contributed by atoms with E-state index in [-0.39, 0.29) is 0 Å². The van der Waals surface area contributed by atoms with Crippen LogP contribution in [-0.4, -0.2) is 18.1 Å². The summed E-state index contributed by atoms with van der Waals surface area (Å²) < 4.78 is 17.3. The van der Waals surface area contributed by atoms with Crippen molar-refractivity contribution in [1.82, 2.24) is 4.98 Å². The lowest BCUT2D eigenvalue weighted by molar-refractivity contribution is -0.134. The average Bonchev–Trinajstić information content (AvgIpc) is 2.20. The Balaban J connectivity index is 2.92. The van der Waals surface area contributed by atoms with E-state index in [4.69, 9.17) is 0 Å². The standard InChI is InChI=1S/C10H10FNO2/c1-7-8(3-4-9(13)14-2)5-6-12-10(7)11/h3-6H,1-2H3. The first-order valence-corrected chi connectivity index (χ1v) is 4.02. The second-order valence-electron chi connectivity index (χ2n) is 2.67. The van der Waals surface area contributed by atoms with Gasteiger partial charge in [0.05, 0.1) is 7.11 Å². The predicted molar refractivity (Wildman–Crippen MR) is 50.0 cm³/mol. The highest BCUT2D eigenvalue weighted by Gasteiger charge is 2.01. The van der Waals surface area contributed by atoms with E-state index in [0.717, 1.165) is 0 Å². The maximum Gasteiger partial charge on any atom is 0.330 e. The third-order valence-corrected chi connectivity index (χ3v) is 1.78. The van der Waals surface area contributed by atoms with E-state index in [1.807, 2.05) is 0 Å². The summed E-state index contributed by atoms with van der Waals surface area (Å²) in [5.41, 5.74) is 1.02. The number of nitrogens with zero attached hydrogens (tertiary/aromatic N) is 1. The molecule has 1 heterocycles. The molecule has 0 aliphatic heterocycles. The number of hydrogen-bond donors (Lipinski definition) is 0. The molecule has 0 atom stereocenters. The molecule has 74 valence electrons. The molecule has 4 heteroatoms. The second kappa shape index (κ2) is 4.50. The van der Waals surface area contributed by atoms with Crippen molar-refractivity contribution in [3.63, 3.8) is 0 Å². The molecule has 0 unspecified atom stereocenters. The number of ether oxygens (including phenoxy) is 1. The molecule has 0 saturated carbocycles. The Labute approximate surface area is 81.2 Å². The minimum Gasteiger partial charge on any atom is -0.466 e. The van der Waals surface area contributed by atoms with Gasteiger partial charge in [0.2, 0.25) is 5.95 Å². The van der Waals surface area contributed by atoms with Crippen LogP contribution in [0, 0.1) is 12.9 Å². The van der Waals surface area contributed by atoms with Gasteiger partial charge >= 0.3 is 5.97 Å². The summed E-state index contributed by atoms with van der Waals surface area (Å²) in [6.07, 6.45) is 4.08.